The first-order valence-electron chi connectivity index (χ1n) is 8.72. The maximum atomic E-state index is 5.01. The average Bonchev–Trinajstić information content (AvgIpc) is 3.43. The van der Waals surface area contributed by atoms with Crippen LogP contribution in [0.4, 0.5) is 0 Å². The van der Waals surface area contributed by atoms with Crippen molar-refractivity contribution in [2.45, 2.75) is 87.3 Å². The van der Waals surface area contributed by atoms with Crippen molar-refractivity contribution in [2.24, 2.45) is 0 Å². The second-order valence-electron chi connectivity index (χ2n) is 6.92. The zero-order valence-electron chi connectivity index (χ0n) is 12.8. The van der Waals surface area contributed by atoms with Crippen molar-refractivity contribution < 1.29 is 0 Å². The third kappa shape index (κ3) is 4.02. The molecule has 21 heavy (non-hydrogen) atoms. The molecule has 1 heterocycles. The molecular formula is C17H26N2S2. The first-order valence-corrected chi connectivity index (χ1v) is 10.6. The quantitative estimate of drug-likeness (QED) is 0.777. The standard InChI is InChI=1S/C17H26N2S2/c1-2-4-14(5-3-1)20-11-16-19-17(12-6-7-12)15(21-16)10-18-13-8-9-13/h12-14,18H,1-11H2. The summed E-state index contributed by atoms with van der Waals surface area (Å²) < 4.78 is 0. The Balaban J connectivity index is 1.35. The van der Waals surface area contributed by atoms with Crippen LogP contribution in [0.5, 0.6) is 0 Å². The van der Waals surface area contributed by atoms with E-state index in [1.165, 1.54) is 68.5 Å². The molecule has 1 aromatic heterocycles. The maximum Gasteiger partial charge on any atom is 0.103 e. The Hall–Kier alpha value is -0.0600. The van der Waals surface area contributed by atoms with Crippen molar-refractivity contribution in [1.29, 1.82) is 0 Å². The van der Waals surface area contributed by atoms with Crippen molar-refractivity contribution in [2.75, 3.05) is 0 Å². The molecule has 4 heteroatoms. The molecule has 3 aliphatic rings. The minimum Gasteiger partial charge on any atom is -0.309 e. The van der Waals surface area contributed by atoms with Crippen molar-refractivity contribution in [3.63, 3.8) is 0 Å². The number of hydrogen-bond acceptors (Lipinski definition) is 4. The Labute approximate surface area is 136 Å². The molecule has 3 fully saturated rings. The minimum atomic E-state index is 0.797. The van der Waals surface area contributed by atoms with Crippen LogP contribution in [0.3, 0.4) is 0 Å². The summed E-state index contributed by atoms with van der Waals surface area (Å²) in [5.74, 6) is 1.95. The monoisotopic (exact) mass is 322 g/mol. The van der Waals surface area contributed by atoms with Gasteiger partial charge in [0, 0.05) is 34.4 Å². The van der Waals surface area contributed by atoms with Crippen molar-refractivity contribution in [3.8, 4) is 0 Å². The van der Waals surface area contributed by atoms with Gasteiger partial charge in [-0.3, -0.25) is 0 Å². The number of thioether (sulfide) groups is 1. The molecule has 0 radical (unpaired) electrons. The second kappa shape index (κ2) is 6.59. The van der Waals surface area contributed by atoms with Crippen molar-refractivity contribution in [1.82, 2.24) is 10.3 Å². The predicted molar refractivity (Wildman–Crippen MR) is 92.1 cm³/mol. The maximum absolute atomic E-state index is 5.01. The van der Waals surface area contributed by atoms with Gasteiger partial charge >= 0.3 is 0 Å². The summed E-state index contributed by atoms with van der Waals surface area (Å²) in [5, 5.41) is 5.97. The van der Waals surface area contributed by atoms with Crippen LogP contribution in [-0.2, 0) is 12.3 Å². The first-order chi connectivity index (χ1) is 10.4. The molecule has 4 rings (SSSR count). The summed E-state index contributed by atoms with van der Waals surface area (Å²) in [7, 11) is 0. The van der Waals surface area contributed by atoms with Crippen molar-refractivity contribution >= 4 is 23.1 Å². The molecule has 0 atom stereocenters. The van der Waals surface area contributed by atoms with Gasteiger partial charge in [0.15, 0.2) is 0 Å². The Kier molecular flexibility index (Phi) is 4.56. The van der Waals surface area contributed by atoms with Gasteiger partial charge in [-0.05, 0) is 38.5 Å². The number of rotatable bonds is 7. The predicted octanol–water partition coefficient (Wildman–Crippen LogP) is 4.84. The van der Waals surface area contributed by atoms with Gasteiger partial charge in [-0.15, -0.1) is 11.3 Å². The summed E-state index contributed by atoms with van der Waals surface area (Å²) in [5.41, 5.74) is 1.45. The highest BCUT2D eigenvalue weighted by Crippen LogP contribution is 2.43. The van der Waals surface area contributed by atoms with E-state index in [1.807, 2.05) is 11.3 Å². The van der Waals surface area contributed by atoms with Crippen LogP contribution >= 0.6 is 23.1 Å². The molecule has 0 amide bonds. The van der Waals surface area contributed by atoms with E-state index in [2.05, 4.69) is 17.1 Å². The zero-order chi connectivity index (χ0) is 14.1. The van der Waals surface area contributed by atoms with Gasteiger partial charge in [-0.1, -0.05) is 19.3 Å². The second-order valence-corrected chi connectivity index (χ2v) is 9.37. The minimum absolute atomic E-state index is 0.797. The molecule has 1 aromatic rings. The first kappa shape index (κ1) is 14.5. The molecule has 3 aliphatic carbocycles. The van der Waals surface area contributed by atoms with E-state index >= 15 is 0 Å². The summed E-state index contributed by atoms with van der Waals surface area (Å²) >= 11 is 4.16. The van der Waals surface area contributed by atoms with Crippen LogP contribution in [0, 0.1) is 0 Å². The summed E-state index contributed by atoms with van der Waals surface area (Å²) in [4.78, 5) is 6.56. The topological polar surface area (TPSA) is 24.9 Å². The lowest BCUT2D eigenvalue weighted by Gasteiger charge is -2.20. The lowest BCUT2D eigenvalue weighted by Crippen LogP contribution is -2.15. The largest absolute Gasteiger partial charge is 0.309 e. The van der Waals surface area contributed by atoms with Gasteiger partial charge in [0.05, 0.1) is 5.69 Å². The van der Waals surface area contributed by atoms with E-state index in [9.17, 15) is 0 Å². The number of nitrogens with zero attached hydrogens (tertiary/aromatic N) is 1. The molecular weight excluding hydrogens is 296 g/mol. The van der Waals surface area contributed by atoms with E-state index in [1.54, 1.807) is 4.88 Å². The van der Waals surface area contributed by atoms with Gasteiger partial charge in [-0.2, -0.15) is 11.8 Å². The van der Waals surface area contributed by atoms with Crippen LogP contribution in [0.25, 0.3) is 0 Å². The van der Waals surface area contributed by atoms with E-state index in [0.29, 0.717) is 0 Å². The fraction of sp³-hybridized carbons (Fsp3) is 0.824. The molecule has 1 N–H and O–H groups in total. The van der Waals surface area contributed by atoms with E-state index in [-0.39, 0.29) is 0 Å². The van der Waals surface area contributed by atoms with E-state index in [4.69, 9.17) is 4.98 Å². The van der Waals surface area contributed by atoms with Gasteiger partial charge in [0.2, 0.25) is 0 Å². The average molecular weight is 323 g/mol. The SMILES string of the molecule is C1CCC(SCc2nc(C3CC3)c(CNC3CC3)s2)CC1. The normalized spacial score (nSPS) is 23.6. The molecule has 0 unspecified atom stereocenters. The van der Waals surface area contributed by atoms with Crippen LogP contribution in [0.2, 0.25) is 0 Å². The van der Waals surface area contributed by atoms with Crippen LogP contribution < -0.4 is 5.32 Å². The van der Waals surface area contributed by atoms with Crippen molar-refractivity contribution in [3.05, 3.63) is 15.6 Å². The summed E-state index contributed by atoms with van der Waals surface area (Å²) in [6.07, 6.45) is 12.7. The zero-order valence-corrected chi connectivity index (χ0v) is 14.4. The van der Waals surface area contributed by atoms with Gasteiger partial charge in [-0.25, -0.2) is 4.98 Å². The summed E-state index contributed by atoms with van der Waals surface area (Å²) in [6, 6.07) is 0.805. The van der Waals surface area contributed by atoms with E-state index in [0.717, 1.165) is 29.5 Å². The molecule has 0 saturated heterocycles. The van der Waals surface area contributed by atoms with Crippen LogP contribution in [-0.4, -0.2) is 16.3 Å². The fourth-order valence-electron chi connectivity index (χ4n) is 3.22. The van der Waals surface area contributed by atoms with Gasteiger partial charge in [0.25, 0.3) is 0 Å². The molecule has 0 spiro atoms. The molecule has 0 aliphatic heterocycles. The third-order valence-electron chi connectivity index (χ3n) is 4.86. The number of nitrogens with one attached hydrogen (secondary N) is 1. The molecule has 3 saturated carbocycles. The van der Waals surface area contributed by atoms with Crippen LogP contribution in [0.1, 0.15) is 79.3 Å². The van der Waals surface area contributed by atoms with Gasteiger partial charge in [0.1, 0.15) is 5.01 Å². The number of thiazole rings is 1. The smallest absolute Gasteiger partial charge is 0.103 e. The third-order valence-corrected chi connectivity index (χ3v) is 7.50. The Bertz CT molecular complexity index is 471. The van der Waals surface area contributed by atoms with E-state index < -0.39 is 0 Å². The molecule has 2 nitrogen and oxygen atoms in total. The Morgan fingerprint density at radius 2 is 1.86 bits per heavy atom. The number of hydrogen-bond donors (Lipinski definition) is 1. The number of aromatic nitrogens is 1. The highest BCUT2D eigenvalue weighted by atomic mass is 32.2. The lowest BCUT2D eigenvalue weighted by molar-refractivity contribution is 0.516. The molecule has 0 aromatic carbocycles. The summed E-state index contributed by atoms with van der Waals surface area (Å²) in [6.45, 7) is 1.07. The Morgan fingerprint density at radius 3 is 2.57 bits per heavy atom. The molecule has 0 bridgehead atoms. The highest BCUT2D eigenvalue weighted by Gasteiger charge is 2.30. The highest BCUT2D eigenvalue weighted by molar-refractivity contribution is 7.99. The lowest BCUT2D eigenvalue weighted by atomic mass is 10.0. The van der Waals surface area contributed by atoms with Gasteiger partial charge < -0.3 is 5.32 Å². The fourth-order valence-corrected chi connectivity index (χ4v) is 5.67. The molecule has 116 valence electrons. The Morgan fingerprint density at radius 1 is 1.05 bits per heavy atom. The van der Waals surface area contributed by atoms with Crippen LogP contribution in [0.15, 0.2) is 0 Å².